The van der Waals surface area contributed by atoms with Crippen molar-refractivity contribution >= 4 is 11.4 Å². The lowest BCUT2D eigenvalue weighted by atomic mass is 10.1. The van der Waals surface area contributed by atoms with Crippen LogP contribution in [0.5, 0.6) is 11.6 Å². The fourth-order valence-corrected chi connectivity index (χ4v) is 5.44. The van der Waals surface area contributed by atoms with Crippen molar-refractivity contribution in [3.63, 3.8) is 0 Å². The molecular weight excluding hydrogens is 540 g/mol. The first-order valence-electron chi connectivity index (χ1n) is 14.0. The summed E-state index contributed by atoms with van der Waals surface area (Å²) in [6, 6.07) is 14.1. The first-order chi connectivity index (χ1) is 20.3. The molecule has 2 aromatic carbocycles. The first-order valence-corrected chi connectivity index (χ1v) is 14.0. The zero-order valence-electron chi connectivity index (χ0n) is 23.3. The second-order valence-electron chi connectivity index (χ2n) is 10.8. The van der Waals surface area contributed by atoms with E-state index in [1.165, 1.54) is 24.3 Å². The molecule has 2 N–H and O–H groups in total. The molecule has 1 saturated carbocycles. The molecule has 1 amide bonds. The number of amides is 1. The number of phenols is 1. The number of aromatic hydroxyl groups is 1. The first kappa shape index (κ1) is 27.4. The van der Waals surface area contributed by atoms with Crippen LogP contribution in [0.2, 0.25) is 0 Å². The fraction of sp³-hybridized carbons (Fsp3) is 0.281. The number of benzene rings is 2. The van der Waals surface area contributed by atoms with Crippen LogP contribution in [-0.4, -0.2) is 37.0 Å². The van der Waals surface area contributed by atoms with Crippen molar-refractivity contribution in [2.75, 3.05) is 6.54 Å². The lowest BCUT2D eigenvalue weighted by Crippen LogP contribution is -2.27. The van der Waals surface area contributed by atoms with Crippen LogP contribution < -0.4 is 10.1 Å². The molecule has 3 aromatic heterocycles. The van der Waals surface area contributed by atoms with Crippen LogP contribution in [0.3, 0.4) is 0 Å². The molecule has 1 unspecified atom stereocenters. The van der Waals surface area contributed by atoms with E-state index >= 15 is 0 Å². The predicted octanol–water partition coefficient (Wildman–Crippen LogP) is 6.15. The average molecular weight is 572 g/mol. The number of pyridine rings is 1. The zero-order valence-corrected chi connectivity index (χ0v) is 23.3. The molecule has 42 heavy (non-hydrogen) atoms. The Kier molecular flexibility index (Phi) is 7.36. The number of rotatable bonds is 10. The summed E-state index contributed by atoms with van der Waals surface area (Å²) >= 11 is 0. The van der Waals surface area contributed by atoms with Gasteiger partial charge in [-0.3, -0.25) is 9.48 Å². The van der Waals surface area contributed by atoms with Gasteiger partial charge in [-0.05, 0) is 74.9 Å². The number of carbonyl (C=O) groups excluding carboxylic acids is 1. The number of phenolic OH excluding ortho intramolecular Hbond substituents is 1. The van der Waals surface area contributed by atoms with Crippen molar-refractivity contribution in [1.82, 2.24) is 24.7 Å². The SMILES string of the molecule is Cc1cc(OCc2c(F)cccc2F)n2nc(C)c(-c3cnn(C(CCNC(=O)c4ccccc4O)C4CC4)c3)c2c1. The van der Waals surface area contributed by atoms with Crippen molar-refractivity contribution in [3.05, 3.63) is 101 Å². The number of ether oxygens (including phenoxy) is 1. The van der Waals surface area contributed by atoms with Gasteiger partial charge in [0, 0.05) is 29.9 Å². The second-order valence-corrected chi connectivity index (χ2v) is 10.8. The summed E-state index contributed by atoms with van der Waals surface area (Å²) in [5.74, 6) is -0.816. The minimum atomic E-state index is -0.661. The maximum absolute atomic E-state index is 14.2. The molecule has 10 heteroatoms. The third-order valence-electron chi connectivity index (χ3n) is 7.72. The van der Waals surface area contributed by atoms with Gasteiger partial charge in [0.15, 0.2) is 0 Å². The van der Waals surface area contributed by atoms with E-state index in [4.69, 9.17) is 14.9 Å². The van der Waals surface area contributed by atoms with Crippen LogP contribution in [0.25, 0.3) is 16.6 Å². The van der Waals surface area contributed by atoms with Crippen LogP contribution in [0.4, 0.5) is 8.78 Å². The van der Waals surface area contributed by atoms with E-state index in [1.54, 1.807) is 28.8 Å². The van der Waals surface area contributed by atoms with Gasteiger partial charge in [0.25, 0.3) is 5.91 Å². The molecule has 3 heterocycles. The summed E-state index contributed by atoms with van der Waals surface area (Å²) < 4.78 is 37.9. The van der Waals surface area contributed by atoms with Gasteiger partial charge in [-0.1, -0.05) is 18.2 Å². The molecule has 0 spiro atoms. The van der Waals surface area contributed by atoms with Gasteiger partial charge in [0.1, 0.15) is 24.0 Å². The Hall–Kier alpha value is -4.73. The number of halogens is 2. The van der Waals surface area contributed by atoms with Crippen LogP contribution in [-0.2, 0) is 6.61 Å². The highest BCUT2D eigenvalue weighted by Gasteiger charge is 2.33. The van der Waals surface area contributed by atoms with Gasteiger partial charge < -0.3 is 15.2 Å². The molecular formula is C32H31F2N5O3. The number of hydrogen-bond donors (Lipinski definition) is 2. The molecule has 1 aliphatic carbocycles. The number of fused-ring (bicyclic) bond motifs is 1. The molecule has 216 valence electrons. The minimum Gasteiger partial charge on any atom is -0.507 e. The van der Waals surface area contributed by atoms with Crippen molar-refractivity contribution in [3.8, 4) is 22.8 Å². The van der Waals surface area contributed by atoms with Crippen molar-refractivity contribution in [2.45, 2.75) is 45.8 Å². The van der Waals surface area contributed by atoms with Crippen molar-refractivity contribution in [2.24, 2.45) is 5.92 Å². The van der Waals surface area contributed by atoms with Gasteiger partial charge in [0.2, 0.25) is 5.88 Å². The van der Waals surface area contributed by atoms with Crippen LogP contribution in [0.1, 0.15) is 52.5 Å². The van der Waals surface area contributed by atoms with Crippen LogP contribution in [0.15, 0.2) is 67.0 Å². The number of carbonyl (C=O) groups is 1. The van der Waals surface area contributed by atoms with E-state index < -0.39 is 11.6 Å². The van der Waals surface area contributed by atoms with Crippen LogP contribution in [0, 0.1) is 31.4 Å². The van der Waals surface area contributed by atoms with E-state index in [9.17, 15) is 18.7 Å². The van der Waals surface area contributed by atoms with Crippen molar-refractivity contribution in [1.29, 1.82) is 0 Å². The molecule has 5 aromatic rings. The maximum Gasteiger partial charge on any atom is 0.255 e. The summed E-state index contributed by atoms with van der Waals surface area (Å²) in [6.07, 6.45) is 6.73. The number of hydrogen-bond acceptors (Lipinski definition) is 5. The van der Waals surface area contributed by atoms with Crippen LogP contribution >= 0.6 is 0 Å². The second kappa shape index (κ2) is 11.3. The topological polar surface area (TPSA) is 93.7 Å². The summed E-state index contributed by atoms with van der Waals surface area (Å²) in [7, 11) is 0. The highest BCUT2D eigenvalue weighted by molar-refractivity contribution is 5.96. The monoisotopic (exact) mass is 571 g/mol. The number of nitrogens with one attached hydrogen (secondary N) is 1. The number of aryl methyl sites for hydroxylation is 2. The molecule has 8 nitrogen and oxygen atoms in total. The Bertz CT molecular complexity index is 1760. The summed E-state index contributed by atoms with van der Waals surface area (Å²) in [6.45, 7) is 4.01. The normalized spacial score (nSPS) is 13.8. The Morgan fingerprint density at radius 1 is 1.12 bits per heavy atom. The van der Waals surface area contributed by atoms with E-state index in [1.807, 2.05) is 37.0 Å². The average Bonchev–Trinajstić information content (AvgIpc) is 3.59. The zero-order chi connectivity index (χ0) is 29.4. The third-order valence-corrected chi connectivity index (χ3v) is 7.72. The van der Waals surface area contributed by atoms with Gasteiger partial charge in [0.05, 0.1) is 34.6 Å². The van der Waals surface area contributed by atoms with E-state index in [0.717, 1.165) is 40.7 Å². The molecule has 0 radical (unpaired) electrons. The molecule has 0 saturated heterocycles. The lowest BCUT2D eigenvalue weighted by Gasteiger charge is -2.17. The maximum atomic E-state index is 14.2. The Labute approximate surface area is 241 Å². The summed E-state index contributed by atoms with van der Waals surface area (Å²) in [5, 5.41) is 22.3. The molecule has 1 atom stereocenters. The quantitative estimate of drug-likeness (QED) is 0.210. The predicted molar refractivity (Wildman–Crippen MR) is 153 cm³/mol. The number of para-hydroxylation sites is 1. The Morgan fingerprint density at radius 3 is 2.62 bits per heavy atom. The largest absolute Gasteiger partial charge is 0.507 e. The third kappa shape index (κ3) is 5.44. The highest BCUT2D eigenvalue weighted by atomic mass is 19.1. The highest BCUT2D eigenvalue weighted by Crippen LogP contribution is 2.42. The molecule has 1 aliphatic rings. The van der Waals surface area contributed by atoms with Gasteiger partial charge >= 0.3 is 0 Å². The fourth-order valence-electron chi connectivity index (χ4n) is 5.44. The molecule has 0 aliphatic heterocycles. The Balaban J connectivity index is 1.22. The lowest BCUT2D eigenvalue weighted by molar-refractivity contribution is 0.0948. The molecule has 0 bridgehead atoms. The minimum absolute atomic E-state index is 0.0441. The van der Waals surface area contributed by atoms with E-state index in [2.05, 4.69) is 5.32 Å². The smallest absolute Gasteiger partial charge is 0.255 e. The number of aromatic nitrogens is 4. The van der Waals surface area contributed by atoms with E-state index in [-0.39, 0.29) is 35.4 Å². The van der Waals surface area contributed by atoms with Gasteiger partial charge in [-0.25, -0.2) is 13.3 Å². The standard InChI is InChI=1S/C32H31F2N5O3/c1-19-14-28-31(20(2)37-39(28)30(15-19)42-18-24-25(33)7-5-8-26(24)34)22-16-36-38(17-22)27(21-10-11-21)12-13-35-32(41)23-6-3-4-9-29(23)40/h3-9,14-17,21,27,40H,10-13,18H2,1-2H3,(H,35,41). The summed E-state index contributed by atoms with van der Waals surface area (Å²) in [5.41, 5.74) is 4.38. The van der Waals surface area contributed by atoms with Gasteiger partial charge in [-0.2, -0.15) is 10.2 Å². The van der Waals surface area contributed by atoms with E-state index in [0.29, 0.717) is 24.8 Å². The number of nitrogens with zero attached hydrogens (tertiary/aromatic N) is 4. The molecule has 6 rings (SSSR count). The Morgan fingerprint density at radius 2 is 1.88 bits per heavy atom. The van der Waals surface area contributed by atoms with Crippen molar-refractivity contribution < 1.29 is 23.4 Å². The summed E-state index contributed by atoms with van der Waals surface area (Å²) in [4.78, 5) is 12.6. The van der Waals surface area contributed by atoms with Gasteiger partial charge in [-0.15, -0.1) is 0 Å². The molecule has 1 fully saturated rings.